The third kappa shape index (κ3) is 4.16. The monoisotopic (exact) mass is 331 g/mol. The summed E-state index contributed by atoms with van der Waals surface area (Å²) in [4.78, 5) is 28.0. The highest BCUT2D eigenvalue weighted by molar-refractivity contribution is 7.13. The second kappa shape index (κ2) is 7.87. The summed E-state index contributed by atoms with van der Waals surface area (Å²) in [5.74, 6) is -0.516. The second-order valence-corrected chi connectivity index (χ2v) is 6.26. The van der Waals surface area contributed by atoms with E-state index in [9.17, 15) is 9.59 Å². The summed E-state index contributed by atoms with van der Waals surface area (Å²) in [7, 11) is 0. The average molecular weight is 331 g/mol. The summed E-state index contributed by atoms with van der Waals surface area (Å²) in [5, 5.41) is 5.49. The zero-order valence-electron chi connectivity index (χ0n) is 13.4. The van der Waals surface area contributed by atoms with Crippen LogP contribution in [0.3, 0.4) is 0 Å². The van der Waals surface area contributed by atoms with Gasteiger partial charge in [-0.2, -0.15) is 0 Å². The van der Waals surface area contributed by atoms with Gasteiger partial charge >= 0.3 is 0 Å². The fraction of sp³-hybridized carbons (Fsp3) is 0.353. The molecule has 0 atom stereocenters. The van der Waals surface area contributed by atoms with Crippen molar-refractivity contribution in [2.24, 2.45) is 5.73 Å². The second-order valence-electron chi connectivity index (χ2n) is 5.37. The van der Waals surface area contributed by atoms with Gasteiger partial charge in [0.05, 0.1) is 0 Å². The van der Waals surface area contributed by atoms with E-state index >= 15 is 0 Å². The van der Waals surface area contributed by atoms with Gasteiger partial charge in [0.15, 0.2) is 0 Å². The molecule has 23 heavy (non-hydrogen) atoms. The number of carbonyl (C=O) groups is 2. The largest absolute Gasteiger partial charge is 0.366 e. The van der Waals surface area contributed by atoms with E-state index < -0.39 is 5.91 Å². The number of nitrogens with two attached hydrogens (primary N) is 1. The number of nitrogens with zero attached hydrogens (tertiary/aromatic N) is 1. The highest BCUT2D eigenvalue weighted by Crippen LogP contribution is 2.33. The number of hydrogen-bond donors (Lipinski definition) is 2. The Bertz CT molecular complexity index is 696. The Labute approximate surface area is 139 Å². The summed E-state index contributed by atoms with van der Waals surface area (Å²) < 4.78 is 0. The van der Waals surface area contributed by atoms with Crippen LogP contribution in [0.15, 0.2) is 23.7 Å². The van der Waals surface area contributed by atoms with Gasteiger partial charge in [0.2, 0.25) is 11.8 Å². The van der Waals surface area contributed by atoms with Crippen molar-refractivity contribution in [1.29, 1.82) is 0 Å². The molecule has 0 fully saturated rings. The van der Waals surface area contributed by atoms with Crippen molar-refractivity contribution in [2.75, 3.05) is 5.32 Å². The van der Waals surface area contributed by atoms with E-state index in [1.807, 2.05) is 12.3 Å². The minimum Gasteiger partial charge on any atom is -0.366 e. The zero-order chi connectivity index (χ0) is 16.8. The summed E-state index contributed by atoms with van der Waals surface area (Å²) in [6, 6.07) is 3.37. The van der Waals surface area contributed by atoms with Gasteiger partial charge in [0, 0.05) is 34.8 Å². The molecule has 1 heterocycles. The molecule has 0 unspecified atom stereocenters. The van der Waals surface area contributed by atoms with Gasteiger partial charge in [-0.3, -0.25) is 9.59 Å². The molecule has 2 aromatic rings. The van der Waals surface area contributed by atoms with Gasteiger partial charge in [0.25, 0.3) is 0 Å². The van der Waals surface area contributed by atoms with Crippen molar-refractivity contribution in [1.82, 2.24) is 4.98 Å². The smallest absolute Gasteiger partial charge is 0.249 e. The lowest BCUT2D eigenvalue weighted by Gasteiger charge is -2.14. The highest BCUT2D eigenvalue weighted by Gasteiger charge is 2.18. The standard InChI is InChI=1S/C17H21N3O2S/c1-3-4-5-6-14(21)20-13-8-7-12(16(18)22)15(11(13)2)17-19-9-10-23-17/h7-10H,3-6H2,1-2H3,(H2,18,22)(H,20,21). The fourth-order valence-electron chi connectivity index (χ4n) is 2.42. The van der Waals surface area contributed by atoms with Crippen LogP contribution in [0.2, 0.25) is 0 Å². The Hall–Kier alpha value is -2.21. The van der Waals surface area contributed by atoms with Gasteiger partial charge in [0.1, 0.15) is 5.01 Å². The van der Waals surface area contributed by atoms with Crippen molar-refractivity contribution < 1.29 is 9.59 Å². The molecule has 0 spiro atoms. The first-order chi connectivity index (χ1) is 11.0. The first-order valence-electron chi connectivity index (χ1n) is 7.67. The molecule has 0 saturated heterocycles. The number of anilines is 1. The predicted molar refractivity (Wildman–Crippen MR) is 93.6 cm³/mol. The van der Waals surface area contributed by atoms with Crippen molar-refractivity contribution in [3.8, 4) is 10.6 Å². The number of nitrogens with one attached hydrogen (secondary N) is 1. The number of carbonyl (C=O) groups excluding carboxylic acids is 2. The average Bonchev–Trinajstić information content (AvgIpc) is 3.03. The quantitative estimate of drug-likeness (QED) is 0.758. The molecule has 0 saturated carbocycles. The normalized spacial score (nSPS) is 10.5. The van der Waals surface area contributed by atoms with E-state index in [1.165, 1.54) is 11.3 Å². The lowest BCUT2D eigenvalue weighted by atomic mass is 9.99. The van der Waals surface area contributed by atoms with Crippen molar-refractivity contribution in [3.05, 3.63) is 34.8 Å². The van der Waals surface area contributed by atoms with Crippen LogP contribution in [0.25, 0.3) is 10.6 Å². The van der Waals surface area contributed by atoms with E-state index in [0.717, 1.165) is 29.8 Å². The van der Waals surface area contributed by atoms with E-state index in [4.69, 9.17) is 5.73 Å². The highest BCUT2D eigenvalue weighted by atomic mass is 32.1. The number of amides is 2. The molecular formula is C17H21N3O2S. The molecule has 0 aliphatic rings. The molecule has 1 aromatic heterocycles. The van der Waals surface area contributed by atoms with Crippen LogP contribution in [-0.4, -0.2) is 16.8 Å². The number of primary amides is 1. The van der Waals surface area contributed by atoms with E-state index in [-0.39, 0.29) is 5.91 Å². The maximum Gasteiger partial charge on any atom is 0.249 e. The number of thiazole rings is 1. The molecular weight excluding hydrogens is 310 g/mol. The lowest BCUT2D eigenvalue weighted by Crippen LogP contribution is -2.16. The van der Waals surface area contributed by atoms with E-state index in [1.54, 1.807) is 18.3 Å². The van der Waals surface area contributed by atoms with Crippen LogP contribution in [0.5, 0.6) is 0 Å². The Balaban J connectivity index is 2.31. The fourth-order valence-corrected chi connectivity index (χ4v) is 3.18. The lowest BCUT2D eigenvalue weighted by molar-refractivity contribution is -0.116. The van der Waals surface area contributed by atoms with Gasteiger partial charge in [-0.05, 0) is 31.0 Å². The topological polar surface area (TPSA) is 85.1 Å². The Morgan fingerprint density at radius 1 is 1.30 bits per heavy atom. The van der Waals surface area contributed by atoms with Crippen LogP contribution in [0.1, 0.15) is 48.5 Å². The summed E-state index contributed by atoms with van der Waals surface area (Å²) in [6.07, 6.45) is 5.17. The van der Waals surface area contributed by atoms with Gasteiger partial charge in [-0.1, -0.05) is 19.8 Å². The minimum absolute atomic E-state index is 0.0153. The Morgan fingerprint density at radius 2 is 2.09 bits per heavy atom. The van der Waals surface area contributed by atoms with Crippen LogP contribution in [0.4, 0.5) is 5.69 Å². The van der Waals surface area contributed by atoms with Crippen molar-refractivity contribution in [3.63, 3.8) is 0 Å². The Kier molecular flexibility index (Phi) is 5.87. The molecule has 1 aromatic carbocycles. The van der Waals surface area contributed by atoms with Gasteiger partial charge in [-0.15, -0.1) is 11.3 Å². The molecule has 2 amide bonds. The van der Waals surface area contributed by atoms with Crippen molar-refractivity contribution >= 4 is 28.8 Å². The SMILES string of the molecule is CCCCCC(=O)Nc1ccc(C(N)=O)c(-c2nccs2)c1C. The van der Waals surface area contributed by atoms with Crippen LogP contribution < -0.4 is 11.1 Å². The van der Waals surface area contributed by atoms with Gasteiger partial charge in [-0.25, -0.2) is 4.98 Å². The molecule has 3 N–H and O–H groups in total. The van der Waals surface area contributed by atoms with Crippen LogP contribution in [-0.2, 0) is 4.79 Å². The van der Waals surface area contributed by atoms with Crippen molar-refractivity contribution in [2.45, 2.75) is 39.5 Å². The number of hydrogen-bond acceptors (Lipinski definition) is 4. The van der Waals surface area contributed by atoms with Crippen LogP contribution >= 0.6 is 11.3 Å². The minimum atomic E-state index is -0.501. The zero-order valence-corrected chi connectivity index (χ0v) is 14.2. The molecule has 0 radical (unpaired) electrons. The summed E-state index contributed by atoms with van der Waals surface area (Å²) in [5.41, 5.74) is 8.09. The molecule has 2 rings (SSSR count). The Morgan fingerprint density at radius 3 is 2.70 bits per heavy atom. The molecule has 0 bridgehead atoms. The third-order valence-corrected chi connectivity index (χ3v) is 4.45. The number of benzene rings is 1. The molecule has 5 nitrogen and oxygen atoms in total. The van der Waals surface area contributed by atoms with Crippen LogP contribution in [0, 0.1) is 6.92 Å². The number of aromatic nitrogens is 1. The number of rotatable bonds is 7. The first kappa shape index (κ1) is 17.1. The third-order valence-electron chi connectivity index (χ3n) is 3.66. The number of unbranched alkanes of at least 4 members (excludes halogenated alkanes) is 2. The predicted octanol–water partition coefficient (Wildman–Crippen LogP) is 3.74. The van der Waals surface area contributed by atoms with E-state index in [2.05, 4.69) is 17.2 Å². The molecule has 6 heteroatoms. The van der Waals surface area contributed by atoms with Gasteiger partial charge < -0.3 is 11.1 Å². The summed E-state index contributed by atoms with van der Waals surface area (Å²) >= 11 is 1.43. The maximum atomic E-state index is 12.0. The van der Waals surface area contributed by atoms with E-state index in [0.29, 0.717) is 23.2 Å². The molecule has 0 aliphatic carbocycles. The molecule has 0 aliphatic heterocycles. The maximum absolute atomic E-state index is 12.0. The summed E-state index contributed by atoms with van der Waals surface area (Å²) in [6.45, 7) is 3.97. The first-order valence-corrected chi connectivity index (χ1v) is 8.55. The molecule has 122 valence electrons.